The number of rotatable bonds is 6. The predicted molar refractivity (Wildman–Crippen MR) is 85.4 cm³/mol. The normalized spacial score (nSPS) is 20.8. The monoisotopic (exact) mass is 322 g/mol. The second kappa shape index (κ2) is 8.15. The van der Waals surface area contributed by atoms with Crippen LogP contribution in [0.1, 0.15) is 45.0 Å². The van der Waals surface area contributed by atoms with Crippen molar-refractivity contribution in [1.82, 2.24) is 10.2 Å². The molecule has 2 rings (SSSR count). The van der Waals surface area contributed by atoms with Crippen LogP contribution in [0.3, 0.4) is 0 Å². The van der Waals surface area contributed by atoms with Crippen LogP contribution in [-0.2, 0) is 9.59 Å². The van der Waals surface area contributed by atoms with Crippen LogP contribution in [-0.4, -0.2) is 41.5 Å². The van der Waals surface area contributed by atoms with Crippen LogP contribution in [0.15, 0.2) is 22.8 Å². The third-order valence-electron chi connectivity index (χ3n) is 4.48. The van der Waals surface area contributed by atoms with Gasteiger partial charge in [0.15, 0.2) is 0 Å². The van der Waals surface area contributed by atoms with E-state index in [1.807, 2.05) is 13.8 Å². The van der Waals surface area contributed by atoms with E-state index < -0.39 is 6.10 Å². The van der Waals surface area contributed by atoms with Gasteiger partial charge in [0.1, 0.15) is 11.9 Å². The van der Waals surface area contributed by atoms with Crippen LogP contribution in [0.25, 0.3) is 0 Å². The molecular formula is C17H26N2O4. The Labute approximate surface area is 136 Å². The summed E-state index contributed by atoms with van der Waals surface area (Å²) in [5, 5.41) is 12.7. The summed E-state index contributed by atoms with van der Waals surface area (Å²) in [6.45, 7) is 5.22. The lowest BCUT2D eigenvalue weighted by atomic mass is 9.95. The van der Waals surface area contributed by atoms with Crippen molar-refractivity contribution in [2.75, 3.05) is 19.6 Å². The minimum absolute atomic E-state index is 0.00224. The highest BCUT2D eigenvalue weighted by atomic mass is 16.4. The Morgan fingerprint density at radius 3 is 2.96 bits per heavy atom. The maximum atomic E-state index is 12.3. The summed E-state index contributed by atoms with van der Waals surface area (Å²) in [7, 11) is 0. The number of piperidine rings is 1. The molecule has 0 bridgehead atoms. The highest BCUT2D eigenvalue weighted by Crippen LogP contribution is 2.20. The van der Waals surface area contributed by atoms with Gasteiger partial charge in [0.05, 0.1) is 18.7 Å². The van der Waals surface area contributed by atoms with E-state index >= 15 is 0 Å². The van der Waals surface area contributed by atoms with Crippen molar-refractivity contribution < 1.29 is 19.1 Å². The molecule has 0 aliphatic carbocycles. The summed E-state index contributed by atoms with van der Waals surface area (Å²) < 4.78 is 5.11. The summed E-state index contributed by atoms with van der Waals surface area (Å²) >= 11 is 0. The number of carbonyl (C=O) groups excluding carboxylic acids is 2. The van der Waals surface area contributed by atoms with Gasteiger partial charge in [0.25, 0.3) is 0 Å². The summed E-state index contributed by atoms with van der Waals surface area (Å²) in [4.78, 5) is 26.3. The average Bonchev–Trinajstić information content (AvgIpc) is 3.12. The Balaban J connectivity index is 1.83. The van der Waals surface area contributed by atoms with E-state index in [0.29, 0.717) is 12.3 Å². The number of carbonyl (C=O) groups is 2. The Morgan fingerprint density at radius 1 is 1.52 bits per heavy atom. The lowest BCUT2D eigenvalue weighted by Gasteiger charge is -2.33. The molecule has 1 aromatic rings. The predicted octanol–water partition coefficient (Wildman–Crippen LogP) is 1.71. The van der Waals surface area contributed by atoms with E-state index in [-0.39, 0.29) is 30.2 Å². The summed E-state index contributed by atoms with van der Waals surface area (Å²) in [5.74, 6) is 0.235. The van der Waals surface area contributed by atoms with Gasteiger partial charge in [0.2, 0.25) is 11.8 Å². The fourth-order valence-electron chi connectivity index (χ4n) is 2.80. The maximum Gasteiger partial charge on any atom is 0.225 e. The fraction of sp³-hybridized carbons (Fsp3) is 0.647. The zero-order valence-electron chi connectivity index (χ0n) is 13.8. The first kappa shape index (κ1) is 17.5. The van der Waals surface area contributed by atoms with Crippen molar-refractivity contribution in [3.05, 3.63) is 24.2 Å². The van der Waals surface area contributed by atoms with Crippen molar-refractivity contribution in [3.63, 3.8) is 0 Å². The number of furan rings is 1. The Hall–Kier alpha value is -1.82. The van der Waals surface area contributed by atoms with E-state index in [1.54, 1.807) is 17.0 Å². The van der Waals surface area contributed by atoms with Gasteiger partial charge in [-0.15, -0.1) is 0 Å². The Bertz CT molecular complexity index is 515. The van der Waals surface area contributed by atoms with E-state index in [4.69, 9.17) is 4.42 Å². The smallest absolute Gasteiger partial charge is 0.225 e. The fourth-order valence-corrected chi connectivity index (χ4v) is 2.80. The quantitative estimate of drug-likeness (QED) is 0.835. The zero-order valence-corrected chi connectivity index (χ0v) is 13.8. The van der Waals surface area contributed by atoms with Crippen LogP contribution in [0.4, 0.5) is 0 Å². The van der Waals surface area contributed by atoms with Crippen LogP contribution in [0, 0.1) is 11.8 Å². The number of hydrogen-bond acceptors (Lipinski definition) is 4. The molecular weight excluding hydrogens is 296 g/mol. The first-order chi connectivity index (χ1) is 11.0. The third kappa shape index (κ3) is 4.58. The minimum Gasteiger partial charge on any atom is -0.467 e. The van der Waals surface area contributed by atoms with Gasteiger partial charge in [-0.25, -0.2) is 0 Å². The minimum atomic E-state index is -0.851. The van der Waals surface area contributed by atoms with Crippen molar-refractivity contribution in [1.29, 1.82) is 0 Å². The second-order valence-electron chi connectivity index (χ2n) is 6.21. The molecule has 1 saturated heterocycles. The first-order valence-electron chi connectivity index (χ1n) is 8.30. The number of nitrogens with zero attached hydrogens (tertiary/aromatic N) is 1. The summed E-state index contributed by atoms with van der Waals surface area (Å²) in [6, 6.07) is 3.36. The molecule has 23 heavy (non-hydrogen) atoms. The van der Waals surface area contributed by atoms with Gasteiger partial charge in [-0.05, 0) is 31.4 Å². The van der Waals surface area contributed by atoms with E-state index in [2.05, 4.69) is 5.32 Å². The lowest BCUT2D eigenvalue weighted by molar-refractivity contribution is -0.139. The molecule has 2 amide bonds. The highest BCUT2D eigenvalue weighted by molar-refractivity contribution is 5.82. The van der Waals surface area contributed by atoms with Gasteiger partial charge < -0.3 is 19.7 Å². The van der Waals surface area contributed by atoms with Crippen molar-refractivity contribution >= 4 is 11.8 Å². The molecule has 3 unspecified atom stereocenters. The Kier molecular flexibility index (Phi) is 6.21. The number of aliphatic hydroxyl groups is 1. The standard InChI is InChI=1S/C17H26N2O4/c1-3-12(2)17(22)19-8-4-6-13(11-19)16(21)18-10-14(20)15-7-5-9-23-15/h5,7,9,12-14,20H,3-4,6,8,10-11H2,1-2H3,(H,18,21). The summed E-state index contributed by atoms with van der Waals surface area (Å²) in [6.07, 6.45) is 3.05. The van der Waals surface area contributed by atoms with Gasteiger partial charge in [-0.3, -0.25) is 9.59 Å². The number of aliphatic hydroxyl groups excluding tert-OH is 1. The van der Waals surface area contributed by atoms with Crippen LogP contribution in [0.2, 0.25) is 0 Å². The van der Waals surface area contributed by atoms with Crippen molar-refractivity contribution in [3.8, 4) is 0 Å². The average molecular weight is 322 g/mol. The van der Waals surface area contributed by atoms with Crippen LogP contribution >= 0.6 is 0 Å². The first-order valence-corrected chi connectivity index (χ1v) is 8.30. The molecule has 2 heterocycles. The third-order valence-corrected chi connectivity index (χ3v) is 4.48. The second-order valence-corrected chi connectivity index (χ2v) is 6.21. The molecule has 128 valence electrons. The van der Waals surface area contributed by atoms with Gasteiger partial charge >= 0.3 is 0 Å². The Morgan fingerprint density at radius 2 is 2.30 bits per heavy atom. The zero-order chi connectivity index (χ0) is 16.8. The number of nitrogens with one attached hydrogen (secondary N) is 1. The summed E-state index contributed by atoms with van der Waals surface area (Å²) in [5.41, 5.74) is 0. The molecule has 1 aliphatic heterocycles. The van der Waals surface area contributed by atoms with Gasteiger partial charge in [-0.1, -0.05) is 13.8 Å². The highest BCUT2D eigenvalue weighted by Gasteiger charge is 2.30. The lowest BCUT2D eigenvalue weighted by Crippen LogP contribution is -2.47. The number of amides is 2. The molecule has 0 spiro atoms. The molecule has 6 heteroatoms. The van der Waals surface area contributed by atoms with Crippen molar-refractivity contribution in [2.45, 2.75) is 39.2 Å². The van der Waals surface area contributed by atoms with Gasteiger partial charge in [0, 0.05) is 19.0 Å². The molecule has 2 N–H and O–H groups in total. The molecule has 1 fully saturated rings. The van der Waals surface area contributed by atoms with E-state index in [9.17, 15) is 14.7 Å². The largest absolute Gasteiger partial charge is 0.467 e. The van der Waals surface area contributed by atoms with Gasteiger partial charge in [-0.2, -0.15) is 0 Å². The molecule has 1 aliphatic rings. The number of likely N-dealkylation sites (tertiary alicyclic amines) is 1. The maximum absolute atomic E-state index is 12.3. The topological polar surface area (TPSA) is 82.8 Å². The molecule has 0 aromatic carbocycles. The molecule has 3 atom stereocenters. The number of hydrogen-bond donors (Lipinski definition) is 2. The SMILES string of the molecule is CCC(C)C(=O)N1CCCC(C(=O)NCC(O)c2ccco2)C1. The van der Waals surface area contributed by atoms with Crippen LogP contribution in [0.5, 0.6) is 0 Å². The molecule has 1 aromatic heterocycles. The molecule has 0 saturated carbocycles. The van der Waals surface area contributed by atoms with E-state index in [0.717, 1.165) is 25.8 Å². The van der Waals surface area contributed by atoms with Crippen molar-refractivity contribution in [2.24, 2.45) is 11.8 Å². The molecule has 6 nitrogen and oxygen atoms in total. The van der Waals surface area contributed by atoms with E-state index in [1.165, 1.54) is 6.26 Å². The molecule has 0 radical (unpaired) electrons. The van der Waals surface area contributed by atoms with Crippen LogP contribution < -0.4 is 5.32 Å².